The lowest BCUT2D eigenvalue weighted by atomic mass is 9.87. The van der Waals surface area contributed by atoms with Crippen LogP contribution in [-0.2, 0) is 24.2 Å². The number of hydrogen-bond acceptors (Lipinski definition) is 5. The average molecular weight is 410 g/mol. The summed E-state index contributed by atoms with van der Waals surface area (Å²) in [4.78, 5) is 38.5. The van der Waals surface area contributed by atoms with Gasteiger partial charge in [-0.2, -0.15) is 5.10 Å². The van der Waals surface area contributed by atoms with E-state index in [0.717, 1.165) is 19.3 Å². The maximum atomic E-state index is 12.4. The Bertz CT molecular complexity index is 1130. The molecule has 1 aliphatic carbocycles. The molecule has 1 aliphatic rings. The highest BCUT2D eigenvalue weighted by atomic mass is 32.1. The summed E-state index contributed by atoms with van der Waals surface area (Å²) in [7, 11) is 0. The van der Waals surface area contributed by atoms with Crippen LogP contribution in [0, 0.1) is 5.92 Å². The number of amides is 2. The second-order valence-corrected chi connectivity index (χ2v) is 8.40. The van der Waals surface area contributed by atoms with Crippen molar-refractivity contribution in [2.45, 2.75) is 39.2 Å². The van der Waals surface area contributed by atoms with E-state index in [1.54, 1.807) is 24.3 Å². The van der Waals surface area contributed by atoms with Gasteiger partial charge in [0.15, 0.2) is 0 Å². The van der Waals surface area contributed by atoms with Gasteiger partial charge in [0.05, 0.1) is 16.6 Å². The third-order valence-corrected chi connectivity index (χ3v) is 6.59. The number of hydrazine groups is 1. The number of fused-ring (bicyclic) bond motifs is 2. The van der Waals surface area contributed by atoms with E-state index in [4.69, 9.17) is 0 Å². The zero-order valence-corrected chi connectivity index (χ0v) is 16.9. The van der Waals surface area contributed by atoms with E-state index in [1.807, 2.05) is 6.07 Å². The highest BCUT2D eigenvalue weighted by Crippen LogP contribution is 2.33. The lowest BCUT2D eigenvalue weighted by Gasteiger charge is -2.19. The van der Waals surface area contributed by atoms with Crippen LogP contribution >= 0.6 is 11.3 Å². The number of carbonyl (C=O) groups is 2. The molecule has 2 N–H and O–H groups in total. The number of carbonyl (C=O) groups excluding carboxylic acids is 2. The SMILES string of the molecule is CC[C@@H]1CCc2sc(C(=O)NNC(=O)Cn3ncc(=O)c4ccccc43)cc2C1. The fraction of sp³-hybridized carbons (Fsp3) is 0.333. The van der Waals surface area contributed by atoms with E-state index >= 15 is 0 Å². The maximum Gasteiger partial charge on any atom is 0.279 e. The van der Waals surface area contributed by atoms with Crippen molar-refractivity contribution in [1.29, 1.82) is 0 Å². The molecule has 3 aromatic rings. The number of para-hydroxylation sites is 1. The molecule has 7 nitrogen and oxygen atoms in total. The van der Waals surface area contributed by atoms with E-state index in [9.17, 15) is 14.4 Å². The Morgan fingerprint density at radius 3 is 2.93 bits per heavy atom. The van der Waals surface area contributed by atoms with Crippen LogP contribution in [0.3, 0.4) is 0 Å². The number of nitrogens with one attached hydrogen (secondary N) is 2. The Labute approximate surface area is 171 Å². The maximum absolute atomic E-state index is 12.4. The van der Waals surface area contributed by atoms with Gasteiger partial charge in [0.2, 0.25) is 5.43 Å². The zero-order chi connectivity index (χ0) is 20.4. The molecule has 29 heavy (non-hydrogen) atoms. The van der Waals surface area contributed by atoms with Crippen LogP contribution in [0.2, 0.25) is 0 Å². The van der Waals surface area contributed by atoms with Crippen molar-refractivity contribution in [1.82, 2.24) is 20.6 Å². The first kappa shape index (κ1) is 19.3. The van der Waals surface area contributed by atoms with E-state index in [1.165, 1.54) is 39.1 Å². The van der Waals surface area contributed by atoms with Gasteiger partial charge in [-0.1, -0.05) is 25.5 Å². The average Bonchev–Trinajstić information content (AvgIpc) is 3.17. The number of aryl methyl sites for hydroxylation is 1. The van der Waals surface area contributed by atoms with Crippen LogP contribution in [0.15, 0.2) is 41.3 Å². The van der Waals surface area contributed by atoms with Crippen LogP contribution in [0.5, 0.6) is 0 Å². The Hall–Kier alpha value is -3.00. The van der Waals surface area contributed by atoms with Crippen LogP contribution in [-0.4, -0.2) is 21.6 Å². The minimum Gasteiger partial charge on any atom is -0.287 e. The fourth-order valence-corrected chi connectivity index (χ4v) is 4.81. The highest BCUT2D eigenvalue weighted by Gasteiger charge is 2.22. The summed E-state index contributed by atoms with van der Waals surface area (Å²) in [5.74, 6) is -0.0527. The van der Waals surface area contributed by atoms with Crippen molar-refractivity contribution in [2.75, 3.05) is 0 Å². The van der Waals surface area contributed by atoms with Crippen molar-refractivity contribution in [3.8, 4) is 0 Å². The molecule has 1 aromatic carbocycles. The van der Waals surface area contributed by atoms with Crippen molar-refractivity contribution >= 4 is 34.1 Å². The van der Waals surface area contributed by atoms with Gasteiger partial charge in [-0.05, 0) is 48.9 Å². The molecule has 0 saturated heterocycles. The summed E-state index contributed by atoms with van der Waals surface area (Å²) in [5.41, 5.74) is 6.55. The molecule has 0 unspecified atom stereocenters. The summed E-state index contributed by atoms with van der Waals surface area (Å²) in [6.07, 6.45) is 5.55. The third-order valence-electron chi connectivity index (χ3n) is 5.36. The fourth-order valence-electron chi connectivity index (χ4n) is 3.71. The summed E-state index contributed by atoms with van der Waals surface area (Å²) in [6.45, 7) is 2.09. The van der Waals surface area contributed by atoms with Crippen LogP contribution < -0.4 is 16.3 Å². The number of hydrogen-bond donors (Lipinski definition) is 2. The van der Waals surface area contributed by atoms with Crippen molar-refractivity contribution in [2.24, 2.45) is 5.92 Å². The van der Waals surface area contributed by atoms with Crippen molar-refractivity contribution in [3.05, 3.63) is 62.1 Å². The molecular formula is C21H22N4O3S. The van der Waals surface area contributed by atoms with E-state index < -0.39 is 5.91 Å². The Morgan fingerprint density at radius 1 is 1.28 bits per heavy atom. The van der Waals surface area contributed by atoms with Crippen LogP contribution in [0.4, 0.5) is 0 Å². The number of thiophene rings is 1. The standard InChI is InChI=1S/C21H22N4O3S/c1-2-13-7-8-18-14(9-13)10-19(29-18)21(28)24-23-20(27)12-25-16-6-4-3-5-15(16)17(26)11-22-25/h3-6,10-11,13H,2,7-9,12H2,1H3,(H,23,27)(H,24,28)/t13-/m1/s1. The summed E-state index contributed by atoms with van der Waals surface area (Å²) in [6, 6.07) is 8.91. The van der Waals surface area contributed by atoms with Crippen LogP contribution in [0.1, 0.15) is 39.9 Å². The Balaban J connectivity index is 1.39. The highest BCUT2D eigenvalue weighted by molar-refractivity contribution is 7.14. The van der Waals surface area contributed by atoms with Gasteiger partial charge in [0.25, 0.3) is 11.8 Å². The molecule has 2 heterocycles. The topological polar surface area (TPSA) is 93.1 Å². The van der Waals surface area contributed by atoms with Gasteiger partial charge < -0.3 is 0 Å². The molecule has 2 amide bonds. The number of rotatable bonds is 4. The van der Waals surface area contributed by atoms with Crippen LogP contribution in [0.25, 0.3) is 10.9 Å². The number of aromatic nitrogens is 2. The first-order valence-electron chi connectivity index (χ1n) is 9.70. The molecule has 0 aliphatic heterocycles. The summed E-state index contributed by atoms with van der Waals surface area (Å²) < 4.78 is 1.44. The molecule has 0 radical (unpaired) electrons. The first-order chi connectivity index (χ1) is 14.0. The molecule has 1 atom stereocenters. The van der Waals surface area contributed by atoms with E-state index in [0.29, 0.717) is 21.7 Å². The summed E-state index contributed by atoms with van der Waals surface area (Å²) in [5, 5.41) is 4.52. The minimum atomic E-state index is -0.424. The molecule has 150 valence electrons. The molecule has 0 bridgehead atoms. The summed E-state index contributed by atoms with van der Waals surface area (Å²) >= 11 is 1.50. The minimum absolute atomic E-state index is 0.111. The quantitative estimate of drug-likeness (QED) is 0.646. The smallest absolute Gasteiger partial charge is 0.279 e. The second kappa shape index (κ2) is 8.16. The third kappa shape index (κ3) is 4.07. The monoisotopic (exact) mass is 410 g/mol. The van der Waals surface area contributed by atoms with Crippen molar-refractivity contribution < 1.29 is 9.59 Å². The zero-order valence-electron chi connectivity index (χ0n) is 16.1. The molecule has 0 saturated carbocycles. The Morgan fingerprint density at radius 2 is 2.10 bits per heavy atom. The Kier molecular flexibility index (Phi) is 5.44. The molecule has 0 spiro atoms. The molecular weight excluding hydrogens is 388 g/mol. The predicted octanol–water partition coefficient (Wildman–Crippen LogP) is 2.43. The number of nitrogens with zero attached hydrogens (tertiary/aromatic N) is 2. The van der Waals surface area contributed by atoms with Gasteiger partial charge in [-0.25, -0.2) is 0 Å². The molecule has 8 heteroatoms. The lowest BCUT2D eigenvalue weighted by molar-refractivity contribution is -0.122. The van der Waals surface area contributed by atoms with Gasteiger partial charge >= 0.3 is 0 Å². The molecule has 0 fully saturated rings. The molecule has 2 aromatic heterocycles. The largest absolute Gasteiger partial charge is 0.287 e. The molecule has 4 rings (SSSR count). The van der Waals surface area contributed by atoms with Gasteiger partial charge in [-0.3, -0.25) is 29.9 Å². The van der Waals surface area contributed by atoms with Gasteiger partial charge in [-0.15, -0.1) is 11.3 Å². The number of benzene rings is 1. The van der Waals surface area contributed by atoms with Crippen molar-refractivity contribution in [3.63, 3.8) is 0 Å². The second-order valence-electron chi connectivity index (χ2n) is 7.26. The van der Waals surface area contributed by atoms with E-state index in [2.05, 4.69) is 22.9 Å². The van der Waals surface area contributed by atoms with Gasteiger partial charge in [0, 0.05) is 10.3 Å². The normalized spacial score (nSPS) is 15.7. The first-order valence-corrected chi connectivity index (χ1v) is 10.5. The lowest BCUT2D eigenvalue weighted by Crippen LogP contribution is -2.43. The van der Waals surface area contributed by atoms with E-state index in [-0.39, 0.29) is 17.9 Å². The predicted molar refractivity (Wildman–Crippen MR) is 112 cm³/mol. The van der Waals surface area contributed by atoms with Gasteiger partial charge in [0.1, 0.15) is 6.54 Å².